The number of halogens is 2. The van der Waals surface area contributed by atoms with E-state index < -0.39 is 10.0 Å². The van der Waals surface area contributed by atoms with Crippen LogP contribution in [0.25, 0.3) is 0 Å². The van der Waals surface area contributed by atoms with Crippen molar-refractivity contribution in [1.29, 1.82) is 5.26 Å². The first-order valence-corrected chi connectivity index (χ1v) is 9.64. The van der Waals surface area contributed by atoms with E-state index in [2.05, 4.69) is 22.0 Å². The molecule has 5 nitrogen and oxygen atoms in total. The Morgan fingerprint density at radius 3 is 2.64 bits per heavy atom. The van der Waals surface area contributed by atoms with Crippen LogP contribution in [0.2, 0.25) is 5.02 Å². The van der Waals surface area contributed by atoms with Gasteiger partial charge in [0.15, 0.2) is 0 Å². The number of benzene rings is 1. The monoisotopic (exact) mass is 406 g/mol. The van der Waals surface area contributed by atoms with Crippen molar-refractivity contribution in [2.75, 3.05) is 32.7 Å². The molecule has 1 fully saturated rings. The van der Waals surface area contributed by atoms with Gasteiger partial charge in [0, 0.05) is 4.47 Å². The molecule has 0 spiro atoms. The number of nitrogens with zero attached hydrogens (tertiary/aromatic N) is 2. The third-order valence-corrected chi connectivity index (χ3v) is 6.63. The van der Waals surface area contributed by atoms with E-state index >= 15 is 0 Å². The summed E-state index contributed by atoms with van der Waals surface area (Å²) in [6.45, 7) is 4.95. The summed E-state index contributed by atoms with van der Waals surface area (Å²) in [5, 5.41) is 9.08. The molecular formula is C14H18BrClN3O2S+. The summed E-state index contributed by atoms with van der Waals surface area (Å²) >= 11 is 9.35. The normalized spacial score (nSPS) is 18.8. The molecule has 1 aromatic carbocycles. The van der Waals surface area contributed by atoms with E-state index in [1.807, 2.05) is 6.92 Å². The van der Waals surface area contributed by atoms with E-state index in [1.165, 1.54) is 15.3 Å². The Balaban J connectivity index is 2.08. The zero-order chi connectivity index (χ0) is 16.3. The summed E-state index contributed by atoms with van der Waals surface area (Å²) < 4.78 is 27.6. The van der Waals surface area contributed by atoms with Crippen LogP contribution in [0.3, 0.4) is 0 Å². The molecule has 1 aromatic rings. The van der Waals surface area contributed by atoms with Gasteiger partial charge in [-0.1, -0.05) is 27.5 Å². The average Bonchev–Trinajstić information content (AvgIpc) is 2.47. The summed E-state index contributed by atoms with van der Waals surface area (Å²) in [6.07, 6.45) is 0. The van der Waals surface area contributed by atoms with E-state index in [0.717, 1.165) is 11.0 Å². The lowest BCUT2D eigenvalue weighted by Crippen LogP contribution is -3.15. The van der Waals surface area contributed by atoms with Crippen LogP contribution in [-0.4, -0.2) is 45.4 Å². The maximum atomic E-state index is 12.7. The van der Waals surface area contributed by atoms with E-state index in [0.29, 0.717) is 26.2 Å². The number of hydrogen-bond donors (Lipinski definition) is 1. The van der Waals surface area contributed by atoms with E-state index in [4.69, 9.17) is 16.9 Å². The average molecular weight is 408 g/mol. The highest BCUT2D eigenvalue weighted by Crippen LogP contribution is 2.27. The standard InChI is InChI=1S/C14H17BrClN3O2S/c1-11(9-17)10-18-4-6-19(7-5-18)22(20,21)14-3-2-12(15)8-13(14)16/h2-3,8,11H,4-7,10H2,1H3/p+1/t11-/m1/s1. The van der Waals surface area contributed by atoms with Crippen LogP contribution in [0.5, 0.6) is 0 Å². The van der Waals surface area contributed by atoms with E-state index in [-0.39, 0.29) is 15.8 Å². The molecule has 0 saturated carbocycles. The van der Waals surface area contributed by atoms with Crippen LogP contribution in [0.4, 0.5) is 0 Å². The summed E-state index contributed by atoms with van der Waals surface area (Å²) in [5.41, 5.74) is 0. The topological polar surface area (TPSA) is 65.6 Å². The highest BCUT2D eigenvalue weighted by atomic mass is 79.9. The molecule has 2 rings (SSSR count). The van der Waals surface area contributed by atoms with Crippen molar-refractivity contribution < 1.29 is 13.3 Å². The van der Waals surface area contributed by atoms with Gasteiger partial charge in [0.25, 0.3) is 0 Å². The first kappa shape index (κ1) is 17.7. The fraction of sp³-hybridized carbons (Fsp3) is 0.500. The molecule has 0 bridgehead atoms. The van der Waals surface area contributed by atoms with Gasteiger partial charge in [-0.05, 0) is 25.1 Å². The molecule has 0 aliphatic carbocycles. The Morgan fingerprint density at radius 2 is 2.09 bits per heavy atom. The summed E-state index contributed by atoms with van der Waals surface area (Å²) in [4.78, 5) is 1.41. The van der Waals surface area contributed by atoms with Gasteiger partial charge in [0.2, 0.25) is 10.0 Å². The number of rotatable bonds is 4. The van der Waals surface area contributed by atoms with Crippen LogP contribution in [-0.2, 0) is 10.0 Å². The number of hydrogen-bond acceptors (Lipinski definition) is 3. The van der Waals surface area contributed by atoms with Crippen molar-refractivity contribution >= 4 is 37.6 Å². The van der Waals surface area contributed by atoms with Crippen LogP contribution >= 0.6 is 27.5 Å². The van der Waals surface area contributed by atoms with Gasteiger partial charge < -0.3 is 4.90 Å². The highest BCUT2D eigenvalue weighted by molar-refractivity contribution is 9.10. The molecule has 0 unspecified atom stereocenters. The molecule has 0 aromatic heterocycles. The number of sulfonamides is 1. The number of piperazine rings is 1. The van der Waals surface area contributed by atoms with E-state index in [9.17, 15) is 8.42 Å². The molecule has 1 aliphatic heterocycles. The van der Waals surface area contributed by atoms with Crippen molar-refractivity contribution in [3.63, 3.8) is 0 Å². The minimum atomic E-state index is -3.56. The lowest BCUT2D eigenvalue weighted by Gasteiger charge is -2.32. The molecule has 8 heteroatoms. The quantitative estimate of drug-likeness (QED) is 0.814. The molecule has 0 radical (unpaired) electrons. The zero-order valence-corrected chi connectivity index (χ0v) is 15.4. The van der Waals surface area contributed by atoms with Crippen molar-refractivity contribution in [2.45, 2.75) is 11.8 Å². The van der Waals surface area contributed by atoms with Crippen molar-refractivity contribution in [3.05, 3.63) is 27.7 Å². The third-order valence-electron chi connectivity index (χ3n) is 3.76. The first-order valence-electron chi connectivity index (χ1n) is 7.03. The minimum Gasteiger partial charge on any atom is -0.332 e. The van der Waals surface area contributed by atoms with Gasteiger partial charge in [-0.15, -0.1) is 0 Å². The predicted molar refractivity (Wildman–Crippen MR) is 88.3 cm³/mol. The lowest BCUT2D eigenvalue weighted by molar-refractivity contribution is -0.905. The molecule has 1 aliphatic rings. The van der Waals surface area contributed by atoms with Crippen LogP contribution < -0.4 is 4.90 Å². The minimum absolute atomic E-state index is 0.0147. The Kier molecular flexibility index (Phi) is 5.86. The number of nitriles is 1. The SMILES string of the molecule is C[C@H](C#N)C[NH+]1CCN(S(=O)(=O)c2ccc(Br)cc2Cl)CC1. The van der Waals surface area contributed by atoms with Crippen LogP contribution in [0.15, 0.2) is 27.6 Å². The first-order chi connectivity index (χ1) is 10.3. The fourth-order valence-electron chi connectivity index (χ4n) is 2.55. The van der Waals surface area contributed by atoms with Gasteiger partial charge in [-0.2, -0.15) is 9.57 Å². The Morgan fingerprint density at radius 1 is 1.45 bits per heavy atom. The third kappa shape index (κ3) is 4.00. The maximum absolute atomic E-state index is 12.7. The van der Waals surface area contributed by atoms with Crippen molar-refractivity contribution in [3.8, 4) is 6.07 Å². The Hall–Kier alpha value is -0.650. The Bertz CT molecular complexity index is 682. The fourth-order valence-corrected chi connectivity index (χ4v) is 5.00. The molecule has 22 heavy (non-hydrogen) atoms. The smallest absolute Gasteiger partial charge is 0.244 e. The summed E-state index contributed by atoms with van der Waals surface area (Å²) in [5.74, 6) is -0.0147. The molecule has 1 N–H and O–H groups in total. The van der Waals surface area contributed by atoms with Gasteiger partial charge in [-0.3, -0.25) is 0 Å². The van der Waals surface area contributed by atoms with Gasteiger partial charge >= 0.3 is 0 Å². The second-order valence-corrected chi connectivity index (χ2v) is 8.69. The van der Waals surface area contributed by atoms with Crippen molar-refractivity contribution in [1.82, 2.24) is 4.31 Å². The lowest BCUT2D eigenvalue weighted by atomic mass is 10.2. The highest BCUT2D eigenvalue weighted by Gasteiger charge is 2.32. The molecule has 120 valence electrons. The van der Waals surface area contributed by atoms with Crippen molar-refractivity contribution in [2.24, 2.45) is 5.92 Å². The van der Waals surface area contributed by atoms with Crippen LogP contribution in [0, 0.1) is 17.2 Å². The predicted octanol–water partition coefficient (Wildman–Crippen LogP) is 1.15. The molecule has 0 amide bonds. The molecular weight excluding hydrogens is 390 g/mol. The molecule has 1 atom stereocenters. The summed E-state index contributed by atoms with van der Waals surface area (Å²) in [7, 11) is -3.56. The maximum Gasteiger partial charge on any atom is 0.244 e. The van der Waals surface area contributed by atoms with Gasteiger partial charge in [-0.25, -0.2) is 8.42 Å². The Labute approximate surface area is 144 Å². The molecule has 1 saturated heterocycles. The summed E-state index contributed by atoms with van der Waals surface area (Å²) in [6, 6.07) is 7.01. The van der Waals surface area contributed by atoms with E-state index in [1.54, 1.807) is 12.1 Å². The second-order valence-electron chi connectivity index (χ2n) is 5.46. The molecule has 1 heterocycles. The number of quaternary nitrogens is 1. The second kappa shape index (κ2) is 7.28. The van der Waals surface area contributed by atoms with Gasteiger partial charge in [0.1, 0.15) is 4.90 Å². The number of nitrogens with one attached hydrogen (secondary N) is 1. The largest absolute Gasteiger partial charge is 0.332 e. The zero-order valence-electron chi connectivity index (χ0n) is 12.2. The van der Waals surface area contributed by atoms with Gasteiger partial charge in [0.05, 0.1) is 49.7 Å². The van der Waals surface area contributed by atoms with Crippen LogP contribution in [0.1, 0.15) is 6.92 Å².